The van der Waals surface area contributed by atoms with E-state index in [1.54, 1.807) is 6.26 Å². The molecule has 0 atom stereocenters. The summed E-state index contributed by atoms with van der Waals surface area (Å²) in [6.45, 7) is 1.66. The SMILES string of the molecule is CNCc1ccccc1N(C)Cc1ccco1. The summed E-state index contributed by atoms with van der Waals surface area (Å²) in [7, 11) is 4.04. The molecule has 2 rings (SSSR count). The lowest BCUT2D eigenvalue weighted by Crippen LogP contribution is -2.19. The summed E-state index contributed by atoms with van der Waals surface area (Å²) in [6.07, 6.45) is 1.71. The van der Waals surface area contributed by atoms with Crippen molar-refractivity contribution in [1.29, 1.82) is 0 Å². The van der Waals surface area contributed by atoms with Crippen LogP contribution in [0.1, 0.15) is 11.3 Å². The summed E-state index contributed by atoms with van der Waals surface area (Å²) in [6, 6.07) is 12.3. The molecule has 0 saturated heterocycles. The molecule has 1 N–H and O–H groups in total. The van der Waals surface area contributed by atoms with Gasteiger partial charge in [0.05, 0.1) is 12.8 Å². The van der Waals surface area contributed by atoms with Crippen LogP contribution in [0, 0.1) is 0 Å². The zero-order valence-corrected chi connectivity index (χ0v) is 10.3. The molecular formula is C14H18N2O. The van der Waals surface area contributed by atoms with Crippen molar-refractivity contribution in [1.82, 2.24) is 5.32 Å². The van der Waals surface area contributed by atoms with Crippen molar-refractivity contribution in [3.05, 3.63) is 54.0 Å². The molecule has 0 amide bonds. The molecule has 90 valence electrons. The predicted molar refractivity (Wildman–Crippen MR) is 70.0 cm³/mol. The Bertz CT molecular complexity index is 451. The molecule has 0 saturated carbocycles. The largest absolute Gasteiger partial charge is 0.467 e. The number of para-hydroxylation sites is 1. The normalized spacial score (nSPS) is 10.5. The maximum absolute atomic E-state index is 5.37. The Kier molecular flexibility index (Phi) is 3.83. The van der Waals surface area contributed by atoms with Gasteiger partial charge in [-0.2, -0.15) is 0 Å². The van der Waals surface area contributed by atoms with E-state index in [0.29, 0.717) is 0 Å². The number of rotatable bonds is 5. The molecule has 0 unspecified atom stereocenters. The molecule has 1 heterocycles. The van der Waals surface area contributed by atoms with E-state index >= 15 is 0 Å². The molecule has 0 fully saturated rings. The van der Waals surface area contributed by atoms with Gasteiger partial charge in [-0.25, -0.2) is 0 Å². The van der Waals surface area contributed by atoms with Gasteiger partial charge in [0.1, 0.15) is 5.76 Å². The number of nitrogens with zero attached hydrogens (tertiary/aromatic N) is 1. The minimum absolute atomic E-state index is 0.785. The van der Waals surface area contributed by atoms with Crippen LogP contribution in [0.3, 0.4) is 0 Å². The van der Waals surface area contributed by atoms with E-state index in [-0.39, 0.29) is 0 Å². The number of hydrogen-bond acceptors (Lipinski definition) is 3. The van der Waals surface area contributed by atoms with Gasteiger partial charge in [0.2, 0.25) is 0 Å². The van der Waals surface area contributed by atoms with Crippen molar-refractivity contribution in [2.75, 3.05) is 19.0 Å². The van der Waals surface area contributed by atoms with Gasteiger partial charge in [0, 0.05) is 19.3 Å². The van der Waals surface area contributed by atoms with Crippen molar-refractivity contribution in [3.63, 3.8) is 0 Å². The lowest BCUT2D eigenvalue weighted by molar-refractivity contribution is 0.507. The maximum atomic E-state index is 5.37. The minimum Gasteiger partial charge on any atom is -0.467 e. The summed E-state index contributed by atoms with van der Waals surface area (Å²) in [5, 5.41) is 3.19. The van der Waals surface area contributed by atoms with E-state index in [9.17, 15) is 0 Å². The van der Waals surface area contributed by atoms with Crippen LogP contribution in [0.5, 0.6) is 0 Å². The highest BCUT2D eigenvalue weighted by atomic mass is 16.3. The van der Waals surface area contributed by atoms with Crippen LogP contribution in [0.15, 0.2) is 47.1 Å². The first-order valence-electron chi connectivity index (χ1n) is 5.77. The number of hydrogen-bond donors (Lipinski definition) is 1. The molecular weight excluding hydrogens is 212 g/mol. The Morgan fingerprint density at radius 2 is 2.00 bits per heavy atom. The molecule has 0 aliphatic heterocycles. The third-order valence-electron chi connectivity index (χ3n) is 2.74. The second-order valence-corrected chi connectivity index (χ2v) is 4.09. The van der Waals surface area contributed by atoms with Gasteiger partial charge in [0.15, 0.2) is 0 Å². The van der Waals surface area contributed by atoms with E-state index in [1.165, 1.54) is 11.3 Å². The van der Waals surface area contributed by atoms with Crippen LogP contribution >= 0.6 is 0 Å². The highest BCUT2D eigenvalue weighted by Crippen LogP contribution is 2.20. The Balaban J connectivity index is 2.15. The molecule has 0 aliphatic carbocycles. The van der Waals surface area contributed by atoms with Crippen molar-refractivity contribution in [3.8, 4) is 0 Å². The average molecular weight is 230 g/mol. The van der Waals surface area contributed by atoms with Gasteiger partial charge >= 0.3 is 0 Å². The van der Waals surface area contributed by atoms with Gasteiger partial charge in [-0.1, -0.05) is 18.2 Å². The van der Waals surface area contributed by atoms with Gasteiger partial charge in [-0.3, -0.25) is 0 Å². The highest BCUT2D eigenvalue weighted by molar-refractivity contribution is 5.53. The Morgan fingerprint density at radius 1 is 1.18 bits per heavy atom. The van der Waals surface area contributed by atoms with E-state index in [1.807, 2.05) is 19.2 Å². The maximum Gasteiger partial charge on any atom is 0.123 e. The number of anilines is 1. The first kappa shape index (κ1) is 11.7. The molecule has 0 radical (unpaired) electrons. The molecule has 0 aliphatic rings. The van der Waals surface area contributed by atoms with E-state index < -0.39 is 0 Å². The summed E-state index contributed by atoms with van der Waals surface area (Å²) < 4.78 is 5.37. The number of nitrogens with one attached hydrogen (secondary N) is 1. The highest BCUT2D eigenvalue weighted by Gasteiger charge is 2.07. The molecule has 1 aromatic heterocycles. The summed E-state index contributed by atoms with van der Waals surface area (Å²) in [5.74, 6) is 0.978. The smallest absolute Gasteiger partial charge is 0.123 e. The number of furan rings is 1. The fourth-order valence-corrected chi connectivity index (χ4v) is 1.94. The minimum atomic E-state index is 0.785. The topological polar surface area (TPSA) is 28.4 Å². The van der Waals surface area contributed by atoms with Crippen LogP contribution in [0.4, 0.5) is 5.69 Å². The van der Waals surface area contributed by atoms with Crippen molar-refractivity contribution >= 4 is 5.69 Å². The van der Waals surface area contributed by atoms with Crippen LogP contribution in [-0.2, 0) is 13.1 Å². The van der Waals surface area contributed by atoms with Crippen LogP contribution in [-0.4, -0.2) is 14.1 Å². The molecule has 3 nitrogen and oxygen atoms in total. The second kappa shape index (κ2) is 5.55. The zero-order chi connectivity index (χ0) is 12.1. The quantitative estimate of drug-likeness (QED) is 0.856. The Hall–Kier alpha value is -1.74. The van der Waals surface area contributed by atoms with Crippen LogP contribution in [0.2, 0.25) is 0 Å². The van der Waals surface area contributed by atoms with Crippen molar-refractivity contribution in [2.24, 2.45) is 0 Å². The van der Waals surface area contributed by atoms with Crippen molar-refractivity contribution < 1.29 is 4.42 Å². The van der Waals surface area contributed by atoms with Crippen molar-refractivity contribution in [2.45, 2.75) is 13.1 Å². The molecule has 2 aromatic rings. The van der Waals surface area contributed by atoms with Gasteiger partial charge < -0.3 is 14.6 Å². The zero-order valence-electron chi connectivity index (χ0n) is 10.3. The monoisotopic (exact) mass is 230 g/mol. The molecule has 1 aromatic carbocycles. The third-order valence-corrected chi connectivity index (χ3v) is 2.74. The lowest BCUT2D eigenvalue weighted by Gasteiger charge is -2.21. The molecule has 17 heavy (non-hydrogen) atoms. The fourth-order valence-electron chi connectivity index (χ4n) is 1.94. The van der Waals surface area contributed by atoms with Gasteiger partial charge in [-0.15, -0.1) is 0 Å². The molecule has 0 bridgehead atoms. The lowest BCUT2D eigenvalue weighted by atomic mass is 10.1. The van der Waals surface area contributed by atoms with E-state index in [2.05, 4.69) is 41.5 Å². The van der Waals surface area contributed by atoms with Gasteiger partial charge in [-0.05, 0) is 30.8 Å². The fraction of sp³-hybridized carbons (Fsp3) is 0.286. The predicted octanol–water partition coefficient (Wildman–Crippen LogP) is 2.64. The van der Waals surface area contributed by atoms with E-state index in [0.717, 1.165) is 18.8 Å². The Labute approximate surface area is 102 Å². The van der Waals surface area contributed by atoms with Crippen LogP contribution < -0.4 is 10.2 Å². The summed E-state index contributed by atoms with van der Waals surface area (Å²) >= 11 is 0. The molecule has 3 heteroatoms. The first-order valence-corrected chi connectivity index (χ1v) is 5.77. The second-order valence-electron chi connectivity index (χ2n) is 4.09. The summed E-state index contributed by atoms with van der Waals surface area (Å²) in [4.78, 5) is 2.20. The first-order chi connectivity index (χ1) is 8.31. The average Bonchev–Trinajstić information content (AvgIpc) is 2.83. The standard InChI is InChI=1S/C14H18N2O/c1-15-10-12-6-3-4-8-14(12)16(2)11-13-7-5-9-17-13/h3-9,15H,10-11H2,1-2H3. The van der Waals surface area contributed by atoms with E-state index in [4.69, 9.17) is 4.42 Å². The number of benzene rings is 1. The summed E-state index contributed by atoms with van der Waals surface area (Å²) in [5.41, 5.74) is 2.53. The van der Waals surface area contributed by atoms with Crippen LogP contribution in [0.25, 0.3) is 0 Å². The molecule has 0 spiro atoms. The third kappa shape index (κ3) is 2.88. The Morgan fingerprint density at radius 3 is 2.71 bits per heavy atom. The van der Waals surface area contributed by atoms with Gasteiger partial charge in [0.25, 0.3) is 0 Å².